The van der Waals surface area contributed by atoms with Crippen molar-refractivity contribution in [3.8, 4) is 62.9 Å². The molecule has 0 bridgehead atoms. The smallest absolute Gasteiger partial charge is 0.220 e. The number of fused-ring (bicyclic) bond motifs is 4. The number of methoxy groups -OCH3 is 8. The first-order valence-corrected chi connectivity index (χ1v) is 23.9. The van der Waals surface area contributed by atoms with Gasteiger partial charge >= 0.3 is 0 Å². The van der Waals surface area contributed by atoms with Gasteiger partial charge in [-0.3, -0.25) is 9.59 Å². The maximum absolute atomic E-state index is 12.6. The van der Waals surface area contributed by atoms with Crippen molar-refractivity contribution in [1.29, 1.82) is 0 Å². The molecule has 17 nitrogen and oxygen atoms in total. The van der Waals surface area contributed by atoms with Gasteiger partial charge in [-0.2, -0.15) is 5.90 Å². The number of H-pyrrole nitrogens is 1. The number of nitrogens with one attached hydrogen (secondary N) is 3. The van der Waals surface area contributed by atoms with Gasteiger partial charge in [-0.1, -0.05) is 89.9 Å². The van der Waals surface area contributed by atoms with E-state index in [2.05, 4.69) is 24.9 Å². The van der Waals surface area contributed by atoms with Crippen LogP contribution >= 0.6 is 23.6 Å². The summed E-state index contributed by atoms with van der Waals surface area (Å²) in [5.74, 6) is 8.67. The molecule has 0 aliphatic heterocycles. The minimum Gasteiger partial charge on any atom is -0.504 e. The van der Waals surface area contributed by atoms with E-state index in [1.807, 2.05) is 84.9 Å². The number of amides is 1. The summed E-state index contributed by atoms with van der Waals surface area (Å²) in [6.07, 6.45) is 6.83. The zero-order valence-electron chi connectivity index (χ0n) is 42.4. The molecule has 19 heteroatoms. The largest absolute Gasteiger partial charge is 0.504 e. The normalized spacial score (nSPS) is 11.7. The third-order valence-corrected chi connectivity index (χ3v) is 12.6. The molecule has 1 amide bonds. The van der Waals surface area contributed by atoms with E-state index in [0.717, 1.165) is 71.9 Å². The first-order chi connectivity index (χ1) is 35.8. The van der Waals surface area contributed by atoms with Gasteiger partial charge in [-0.05, 0) is 107 Å². The minimum absolute atomic E-state index is 0. The van der Waals surface area contributed by atoms with Crippen molar-refractivity contribution in [1.82, 2.24) is 10.3 Å². The number of phenolic OH excluding ortho intramolecular Hbond substituents is 1. The van der Waals surface area contributed by atoms with Crippen LogP contribution in [0.4, 0.5) is 5.69 Å². The number of hydrogen-bond acceptors (Lipinski definition) is 16. The van der Waals surface area contributed by atoms with Crippen LogP contribution in [0.5, 0.6) is 51.7 Å². The van der Waals surface area contributed by atoms with Crippen LogP contribution in [0.1, 0.15) is 76.9 Å². The van der Waals surface area contributed by atoms with Gasteiger partial charge < -0.3 is 58.6 Å². The average Bonchev–Trinajstić information content (AvgIpc) is 3.64. The molecular formula is C59H75ClN4O13S. The Kier molecular flexibility index (Phi) is 27.3. The fraction of sp³-hybridized carbons (Fsp3) is 0.288. The highest BCUT2D eigenvalue weighted by Gasteiger charge is 2.29. The van der Waals surface area contributed by atoms with Gasteiger partial charge in [0.2, 0.25) is 22.8 Å². The van der Waals surface area contributed by atoms with Crippen LogP contribution in [0, 0.1) is 0 Å². The first-order valence-electron chi connectivity index (χ1n) is 22.8. The molecule has 0 unspecified atom stereocenters. The van der Waals surface area contributed by atoms with Crippen molar-refractivity contribution < 1.29 is 57.1 Å². The van der Waals surface area contributed by atoms with E-state index in [9.17, 15) is 14.7 Å². The molecule has 0 radical (unpaired) electrons. The molecule has 6 aromatic carbocycles. The number of anilines is 1. The zero-order chi connectivity index (χ0) is 53.3. The van der Waals surface area contributed by atoms with Crippen molar-refractivity contribution in [2.75, 3.05) is 62.2 Å². The van der Waals surface area contributed by atoms with Crippen LogP contribution in [0.3, 0.4) is 0 Å². The summed E-state index contributed by atoms with van der Waals surface area (Å²) >= 11 is 7.19. The summed E-state index contributed by atoms with van der Waals surface area (Å²) in [5, 5.41) is 17.9. The predicted octanol–water partition coefficient (Wildman–Crippen LogP) is 13.3. The maximum atomic E-state index is 12.6. The van der Waals surface area contributed by atoms with E-state index in [1.54, 1.807) is 67.1 Å². The Hall–Kier alpha value is -7.74. The number of rotatable bonds is 17. The number of halogens is 1. The lowest BCUT2D eigenvalue weighted by atomic mass is 9.95. The second-order valence-corrected chi connectivity index (χ2v) is 17.3. The molecule has 1 aliphatic carbocycles. The molecule has 7 aromatic rings. The number of aromatic nitrogens is 1. The van der Waals surface area contributed by atoms with Crippen molar-refractivity contribution in [2.24, 2.45) is 5.90 Å². The van der Waals surface area contributed by atoms with Crippen molar-refractivity contribution in [3.63, 3.8) is 0 Å². The Morgan fingerprint density at radius 2 is 1.32 bits per heavy atom. The molecule has 1 aromatic heterocycles. The van der Waals surface area contributed by atoms with Gasteiger partial charge in [0.05, 0.1) is 91.2 Å². The van der Waals surface area contributed by atoms with Gasteiger partial charge in [0, 0.05) is 35.5 Å². The van der Waals surface area contributed by atoms with Gasteiger partial charge in [0.25, 0.3) is 0 Å². The third kappa shape index (κ3) is 16.2. The number of para-hydroxylation sites is 1. The Labute approximate surface area is 467 Å². The van der Waals surface area contributed by atoms with E-state index >= 15 is 0 Å². The Balaban J connectivity index is 0.000000394. The number of phenols is 1. The Morgan fingerprint density at radius 3 is 1.90 bits per heavy atom. The molecule has 422 valence electrons. The van der Waals surface area contributed by atoms with Gasteiger partial charge in [0.1, 0.15) is 0 Å². The lowest BCUT2D eigenvalue weighted by molar-refractivity contribution is -0.195. The van der Waals surface area contributed by atoms with Crippen LogP contribution in [-0.2, 0) is 27.1 Å². The molecule has 0 saturated carbocycles. The standard InChI is InChI=1S/C22H25NO6.C18H20O5.C15H14ClN3O2S.4CH4/c1-12(24)23-16-8-6-13-10-19(27-3)21(28-4)22(29-5)20(13)14-7-9-18(26-2)17(25)11-15(14)16;1-20-15-8-7-12(9-14(15)19)5-6-13-10-16(21-2)18(23-4)17(11-13)22-3;16-13-9-19-15-12(13)2-1-3-14(15)18-8-10-4-6-11(7-5-10)22-21-20-17;;;;/h7,9-11,16H,6,8H2,1-5H3,(H,23,24);5-11,19H,1-4H3;1-7,9,18-19H,8,17H2;4*1H4/b;6-5-;;;;;/t16-;;;;;;/m0....../s1. The summed E-state index contributed by atoms with van der Waals surface area (Å²) in [6, 6.07) is 29.4. The minimum atomic E-state index is -0.332. The second kappa shape index (κ2) is 32.1. The van der Waals surface area contributed by atoms with Gasteiger partial charge in [0.15, 0.2) is 40.2 Å². The molecule has 6 N–H and O–H groups in total. The predicted molar refractivity (Wildman–Crippen MR) is 315 cm³/mol. The second-order valence-electron chi connectivity index (χ2n) is 16.1. The highest BCUT2D eigenvalue weighted by molar-refractivity contribution is 7.94. The number of carbonyl (C=O) groups excluding carboxylic acids is 1. The summed E-state index contributed by atoms with van der Waals surface area (Å²) in [5.41, 5.74) is 7.91. The molecule has 1 aliphatic rings. The monoisotopic (exact) mass is 1110 g/mol. The summed E-state index contributed by atoms with van der Waals surface area (Å²) < 4.78 is 47.6. The Morgan fingerprint density at radius 1 is 0.718 bits per heavy atom. The number of nitrogens with two attached hydrogens (primary N) is 1. The lowest BCUT2D eigenvalue weighted by Crippen LogP contribution is -2.26. The molecule has 8 rings (SSSR count). The van der Waals surface area contributed by atoms with Crippen LogP contribution in [0.15, 0.2) is 113 Å². The van der Waals surface area contributed by atoms with Crippen molar-refractivity contribution in [3.05, 3.63) is 146 Å². The van der Waals surface area contributed by atoms with E-state index in [4.69, 9.17) is 55.4 Å². The van der Waals surface area contributed by atoms with E-state index in [1.165, 1.54) is 27.2 Å². The topological polar surface area (TPSA) is 213 Å². The third-order valence-electron chi connectivity index (χ3n) is 11.7. The molecule has 1 atom stereocenters. The van der Waals surface area contributed by atoms with Gasteiger partial charge in [-0.25, -0.2) is 0 Å². The number of carbonyl (C=O) groups is 1. The summed E-state index contributed by atoms with van der Waals surface area (Å²) in [7, 11) is 12.4. The zero-order valence-corrected chi connectivity index (χ0v) is 44.0. The fourth-order valence-corrected chi connectivity index (χ4v) is 8.83. The highest BCUT2D eigenvalue weighted by atomic mass is 35.5. The molecule has 0 spiro atoms. The lowest BCUT2D eigenvalue weighted by Gasteiger charge is -2.19. The number of hydrogen-bond donors (Lipinski definition) is 5. The van der Waals surface area contributed by atoms with Crippen LogP contribution in [0.2, 0.25) is 5.02 Å². The number of ether oxygens (including phenoxy) is 8. The van der Waals surface area contributed by atoms with E-state index in [-0.39, 0.29) is 58.6 Å². The molecule has 78 heavy (non-hydrogen) atoms. The van der Waals surface area contributed by atoms with Crippen LogP contribution in [0.25, 0.3) is 34.2 Å². The summed E-state index contributed by atoms with van der Waals surface area (Å²) in [4.78, 5) is 32.6. The quantitative estimate of drug-likeness (QED) is 0.0248. The highest BCUT2D eigenvalue weighted by Crippen LogP contribution is 2.50. The molecule has 1 heterocycles. The number of aromatic hydroxyl groups is 1. The van der Waals surface area contributed by atoms with Crippen molar-refractivity contribution >= 4 is 58.3 Å². The molecule has 0 fully saturated rings. The molecular weight excluding hydrogens is 1040 g/mol. The van der Waals surface area contributed by atoms with Crippen molar-refractivity contribution in [2.45, 2.75) is 67.0 Å². The summed E-state index contributed by atoms with van der Waals surface area (Å²) in [6.45, 7) is 2.17. The number of aryl methyl sites for hydroxylation is 1. The maximum Gasteiger partial charge on any atom is 0.220 e. The van der Waals surface area contributed by atoms with Gasteiger partial charge in [-0.15, -0.1) is 9.32 Å². The Bertz CT molecular complexity index is 3110. The SMILES string of the molecule is C.C.C.C.COc1cc2c(c(OC)c1OC)-c1ccc(OC)c(=O)cc1[C@@H](NC(C)=O)CC2.COc1ccc(/C=C\c2cc(OC)c(OC)c(OC)c2)cc1O.NOOSc1ccc(CNc2cccc3c(Cl)c[nH]c23)cc1. The van der Waals surface area contributed by atoms with E-state index in [0.29, 0.717) is 65.2 Å². The molecule has 0 saturated heterocycles. The van der Waals surface area contributed by atoms with E-state index < -0.39 is 0 Å². The van der Waals surface area contributed by atoms with Crippen LogP contribution < -0.4 is 59.9 Å². The fourth-order valence-electron chi connectivity index (χ4n) is 8.25. The first kappa shape index (κ1) is 66.4. The average molecular weight is 1120 g/mol. The number of aromatic amines is 1. The number of benzene rings is 5. The van der Waals surface area contributed by atoms with Crippen LogP contribution in [-0.4, -0.2) is 72.9 Å².